The Morgan fingerprint density at radius 1 is 1.48 bits per heavy atom. The van der Waals surface area contributed by atoms with E-state index in [9.17, 15) is 18.0 Å². The molecule has 1 aromatic heterocycles. The predicted molar refractivity (Wildman–Crippen MR) is 105 cm³/mol. The van der Waals surface area contributed by atoms with Gasteiger partial charge < -0.3 is 20.3 Å². The Labute approximate surface area is 172 Å². The van der Waals surface area contributed by atoms with E-state index in [4.69, 9.17) is 16.3 Å². The largest absolute Gasteiger partial charge is 0.466 e. The number of esters is 1. The van der Waals surface area contributed by atoms with Crippen LogP contribution in [-0.2, 0) is 15.7 Å². The molecule has 2 heterocycles. The van der Waals surface area contributed by atoms with Crippen LogP contribution in [0.2, 0.25) is 5.02 Å². The minimum absolute atomic E-state index is 0.0260. The summed E-state index contributed by atoms with van der Waals surface area (Å²) in [6, 6.07) is 0.931. The minimum atomic E-state index is -4.48. The Hall–Kier alpha value is -2.23. The molecule has 11 heteroatoms. The van der Waals surface area contributed by atoms with Gasteiger partial charge in [-0.3, -0.25) is 9.79 Å². The molecule has 1 fully saturated rings. The minimum Gasteiger partial charge on any atom is -0.466 e. The van der Waals surface area contributed by atoms with E-state index in [0.29, 0.717) is 50.9 Å². The molecule has 0 bridgehead atoms. The zero-order valence-electron chi connectivity index (χ0n) is 16.4. The standard InChI is InChI=1S/C18H25ClF3N5O2/c1-3-29-15(28)5-4-7-24-17(23-2)26-13-6-8-27(11-13)16-14(19)9-12(10-25-16)18(20,21)22/h9-10,13H,3-8,11H2,1-2H3,(H2,23,24,26). The second kappa shape index (κ2) is 10.5. The predicted octanol–water partition coefficient (Wildman–Crippen LogP) is 2.84. The van der Waals surface area contributed by atoms with Crippen LogP contribution in [-0.4, -0.2) is 56.2 Å². The first-order chi connectivity index (χ1) is 13.7. The molecule has 2 rings (SSSR count). The molecule has 0 saturated carbocycles. The number of hydrogen-bond acceptors (Lipinski definition) is 5. The SMILES string of the molecule is CCOC(=O)CCCNC(=NC)NC1CCN(c2ncc(C(F)(F)F)cc2Cl)C1. The van der Waals surface area contributed by atoms with Crippen molar-refractivity contribution in [3.63, 3.8) is 0 Å². The van der Waals surface area contributed by atoms with E-state index in [0.717, 1.165) is 18.7 Å². The second-order valence-electron chi connectivity index (χ2n) is 6.51. The number of nitrogens with zero attached hydrogens (tertiary/aromatic N) is 3. The molecule has 0 radical (unpaired) electrons. The molecular formula is C18H25ClF3N5O2. The second-order valence-corrected chi connectivity index (χ2v) is 6.92. The van der Waals surface area contributed by atoms with Gasteiger partial charge in [0.15, 0.2) is 5.96 Å². The van der Waals surface area contributed by atoms with Crippen molar-refractivity contribution in [2.75, 3.05) is 38.2 Å². The van der Waals surface area contributed by atoms with Gasteiger partial charge in [-0.15, -0.1) is 0 Å². The number of anilines is 1. The summed E-state index contributed by atoms with van der Waals surface area (Å²) in [6.07, 6.45) is -1.99. The van der Waals surface area contributed by atoms with Gasteiger partial charge in [-0.25, -0.2) is 4.98 Å². The van der Waals surface area contributed by atoms with Crippen molar-refractivity contribution in [2.45, 2.75) is 38.4 Å². The fourth-order valence-electron chi connectivity index (χ4n) is 2.95. The molecule has 0 aliphatic carbocycles. The highest BCUT2D eigenvalue weighted by Crippen LogP contribution is 2.34. The first kappa shape index (κ1) is 23.1. The fraction of sp³-hybridized carbons (Fsp3) is 0.611. The smallest absolute Gasteiger partial charge is 0.417 e. The number of nitrogens with one attached hydrogen (secondary N) is 2. The average Bonchev–Trinajstić information content (AvgIpc) is 3.11. The number of pyridine rings is 1. The summed E-state index contributed by atoms with van der Waals surface area (Å²) in [7, 11) is 1.64. The van der Waals surface area contributed by atoms with Crippen molar-refractivity contribution in [3.8, 4) is 0 Å². The van der Waals surface area contributed by atoms with Crippen LogP contribution in [0.15, 0.2) is 17.3 Å². The average molecular weight is 436 g/mol. The monoisotopic (exact) mass is 435 g/mol. The molecule has 29 heavy (non-hydrogen) atoms. The molecule has 1 aliphatic heterocycles. The molecule has 1 aliphatic rings. The quantitative estimate of drug-likeness (QED) is 0.297. The highest BCUT2D eigenvalue weighted by Gasteiger charge is 2.33. The van der Waals surface area contributed by atoms with Crippen molar-refractivity contribution < 1.29 is 22.7 Å². The van der Waals surface area contributed by atoms with Gasteiger partial charge in [0.2, 0.25) is 0 Å². The van der Waals surface area contributed by atoms with E-state index in [-0.39, 0.29) is 17.0 Å². The van der Waals surface area contributed by atoms with Crippen molar-refractivity contribution in [2.24, 2.45) is 4.99 Å². The van der Waals surface area contributed by atoms with E-state index < -0.39 is 11.7 Å². The van der Waals surface area contributed by atoms with Gasteiger partial charge in [0.25, 0.3) is 0 Å². The number of alkyl halides is 3. The highest BCUT2D eigenvalue weighted by molar-refractivity contribution is 6.33. The van der Waals surface area contributed by atoms with E-state index >= 15 is 0 Å². The van der Waals surface area contributed by atoms with Crippen LogP contribution < -0.4 is 15.5 Å². The summed E-state index contributed by atoms with van der Waals surface area (Å²) >= 11 is 6.03. The van der Waals surface area contributed by atoms with Gasteiger partial charge in [0, 0.05) is 45.3 Å². The summed E-state index contributed by atoms with van der Waals surface area (Å²) in [4.78, 5) is 21.2. The van der Waals surface area contributed by atoms with Crippen molar-refractivity contribution in [1.82, 2.24) is 15.6 Å². The van der Waals surface area contributed by atoms with Crippen molar-refractivity contribution in [3.05, 3.63) is 22.8 Å². The first-order valence-corrected chi connectivity index (χ1v) is 9.72. The number of hydrogen-bond donors (Lipinski definition) is 2. The summed E-state index contributed by atoms with van der Waals surface area (Å²) in [6.45, 7) is 3.82. The van der Waals surface area contributed by atoms with Gasteiger partial charge in [0.05, 0.1) is 17.2 Å². The number of carbonyl (C=O) groups excluding carboxylic acids is 1. The van der Waals surface area contributed by atoms with Crippen LogP contribution in [0.3, 0.4) is 0 Å². The third-order valence-electron chi connectivity index (χ3n) is 4.36. The van der Waals surface area contributed by atoms with Crippen molar-refractivity contribution in [1.29, 1.82) is 0 Å². The zero-order chi connectivity index (χ0) is 21.4. The number of aliphatic imine (C=N–C) groups is 1. The van der Waals surface area contributed by atoms with E-state index in [1.807, 2.05) is 4.90 Å². The number of carbonyl (C=O) groups is 1. The Balaban J connectivity index is 1.83. The van der Waals surface area contributed by atoms with Gasteiger partial charge in [-0.2, -0.15) is 13.2 Å². The first-order valence-electron chi connectivity index (χ1n) is 9.35. The third-order valence-corrected chi connectivity index (χ3v) is 4.63. The maximum absolute atomic E-state index is 12.8. The zero-order valence-corrected chi connectivity index (χ0v) is 17.1. The van der Waals surface area contributed by atoms with Crippen LogP contribution in [0.5, 0.6) is 0 Å². The molecule has 0 aromatic carbocycles. The van der Waals surface area contributed by atoms with Crippen LogP contribution >= 0.6 is 11.6 Å². The number of guanidine groups is 1. The third kappa shape index (κ3) is 6.95. The lowest BCUT2D eigenvalue weighted by molar-refractivity contribution is -0.143. The topological polar surface area (TPSA) is 78.8 Å². The number of aromatic nitrogens is 1. The molecule has 1 unspecified atom stereocenters. The van der Waals surface area contributed by atoms with E-state index in [1.165, 1.54) is 0 Å². The number of halogens is 4. The van der Waals surface area contributed by atoms with Crippen LogP contribution in [0, 0.1) is 0 Å². The highest BCUT2D eigenvalue weighted by atomic mass is 35.5. The molecular weight excluding hydrogens is 411 g/mol. The van der Waals surface area contributed by atoms with E-state index in [2.05, 4.69) is 20.6 Å². The Morgan fingerprint density at radius 2 is 2.24 bits per heavy atom. The number of ether oxygens (including phenoxy) is 1. The lowest BCUT2D eigenvalue weighted by Gasteiger charge is -2.21. The molecule has 2 N–H and O–H groups in total. The molecule has 0 amide bonds. The van der Waals surface area contributed by atoms with E-state index in [1.54, 1.807) is 14.0 Å². The lowest BCUT2D eigenvalue weighted by atomic mass is 10.2. The molecule has 1 aromatic rings. The Morgan fingerprint density at radius 3 is 2.86 bits per heavy atom. The van der Waals surface area contributed by atoms with Crippen LogP contribution in [0.25, 0.3) is 0 Å². The molecule has 0 spiro atoms. The van der Waals surface area contributed by atoms with Gasteiger partial charge in [-0.05, 0) is 25.8 Å². The summed E-state index contributed by atoms with van der Waals surface area (Å²) < 4.78 is 43.2. The Kier molecular flexibility index (Phi) is 8.36. The Bertz CT molecular complexity index is 730. The summed E-state index contributed by atoms with van der Waals surface area (Å²) in [5.41, 5.74) is -0.868. The van der Waals surface area contributed by atoms with Crippen LogP contribution in [0.4, 0.5) is 19.0 Å². The van der Waals surface area contributed by atoms with Crippen molar-refractivity contribution >= 4 is 29.3 Å². The number of rotatable bonds is 7. The fourth-order valence-corrected chi connectivity index (χ4v) is 3.24. The maximum atomic E-state index is 12.8. The van der Waals surface area contributed by atoms with Gasteiger partial charge in [0.1, 0.15) is 5.82 Å². The van der Waals surface area contributed by atoms with Crippen LogP contribution in [0.1, 0.15) is 31.7 Å². The van der Waals surface area contributed by atoms with Gasteiger partial charge >= 0.3 is 12.1 Å². The lowest BCUT2D eigenvalue weighted by Crippen LogP contribution is -2.45. The summed E-state index contributed by atoms with van der Waals surface area (Å²) in [5, 5.41) is 6.37. The molecule has 162 valence electrons. The maximum Gasteiger partial charge on any atom is 0.417 e. The molecule has 1 saturated heterocycles. The molecule has 7 nitrogen and oxygen atoms in total. The molecule has 1 atom stereocenters. The van der Waals surface area contributed by atoms with Gasteiger partial charge in [-0.1, -0.05) is 11.6 Å². The normalized spacial score (nSPS) is 17.4. The summed E-state index contributed by atoms with van der Waals surface area (Å²) in [5.74, 6) is 0.693.